The van der Waals surface area contributed by atoms with Crippen molar-refractivity contribution in [2.75, 3.05) is 17.6 Å². The first kappa shape index (κ1) is 12.9. The number of nitrogens with zero attached hydrogens (tertiary/aromatic N) is 2. The Labute approximate surface area is 127 Å². The van der Waals surface area contributed by atoms with Gasteiger partial charge >= 0.3 is 5.69 Å². The lowest BCUT2D eigenvalue weighted by Crippen LogP contribution is -2.35. The predicted octanol–water partition coefficient (Wildman–Crippen LogP) is 2.19. The maximum absolute atomic E-state index is 12.3. The minimum Gasteiger partial charge on any atom is -0.399 e. The summed E-state index contributed by atoms with van der Waals surface area (Å²) in [5, 5.41) is 4.38. The topological polar surface area (TPSA) is 72.9 Å². The Kier molecular flexibility index (Phi) is 2.85. The van der Waals surface area contributed by atoms with Gasteiger partial charge in [-0.1, -0.05) is 24.3 Å². The van der Waals surface area contributed by atoms with Crippen LogP contribution in [-0.2, 0) is 6.54 Å². The van der Waals surface area contributed by atoms with E-state index in [1.165, 1.54) is 0 Å². The number of para-hydroxylation sites is 1. The summed E-state index contributed by atoms with van der Waals surface area (Å²) in [6, 6.07) is 15.5. The number of nitrogens with two attached hydrogens (primary N) is 1. The van der Waals surface area contributed by atoms with Crippen LogP contribution in [0.5, 0.6) is 0 Å². The number of aromatic nitrogens is 2. The molecular formula is C17H16N4O. The smallest absolute Gasteiger partial charge is 0.349 e. The van der Waals surface area contributed by atoms with E-state index < -0.39 is 0 Å². The van der Waals surface area contributed by atoms with E-state index in [1.807, 2.05) is 48.5 Å². The molecule has 1 aliphatic rings. The zero-order valence-electron chi connectivity index (χ0n) is 12.0. The third kappa shape index (κ3) is 2.02. The molecule has 3 N–H and O–H groups in total. The molecule has 1 atom stereocenters. The van der Waals surface area contributed by atoms with Crippen LogP contribution in [0, 0.1) is 0 Å². The molecule has 0 bridgehead atoms. The summed E-state index contributed by atoms with van der Waals surface area (Å²) in [6.45, 7) is 1.39. The zero-order valence-corrected chi connectivity index (χ0v) is 12.0. The second-order valence-electron chi connectivity index (χ2n) is 5.62. The molecule has 0 saturated heterocycles. The molecule has 4 rings (SSSR count). The average molecular weight is 292 g/mol. The molecule has 0 radical (unpaired) electrons. The number of hydrogen-bond acceptors (Lipinski definition) is 4. The monoisotopic (exact) mass is 292 g/mol. The van der Waals surface area contributed by atoms with Gasteiger partial charge in [0.15, 0.2) is 0 Å². The maximum atomic E-state index is 12.3. The van der Waals surface area contributed by atoms with Crippen molar-refractivity contribution in [3.63, 3.8) is 0 Å². The van der Waals surface area contributed by atoms with Gasteiger partial charge in [-0.15, -0.1) is 0 Å². The summed E-state index contributed by atoms with van der Waals surface area (Å²) in [4.78, 5) is 16.5. The van der Waals surface area contributed by atoms with Crippen molar-refractivity contribution in [2.45, 2.75) is 12.5 Å². The van der Waals surface area contributed by atoms with E-state index >= 15 is 0 Å². The lowest BCUT2D eigenvalue weighted by Gasteiger charge is -2.28. The van der Waals surface area contributed by atoms with Crippen molar-refractivity contribution >= 4 is 22.4 Å². The zero-order chi connectivity index (χ0) is 15.1. The molecule has 110 valence electrons. The Morgan fingerprint density at radius 2 is 2.05 bits per heavy atom. The predicted molar refractivity (Wildman–Crippen MR) is 88.1 cm³/mol. The average Bonchev–Trinajstić information content (AvgIpc) is 2.55. The van der Waals surface area contributed by atoms with Crippen LogP contribution in [0.15, 0.2) is 53.3 Å². The Morgan fingerprint density at radius 1 is 1.18 bits per heavy atom. The fraction of sp³-hybridized carbons (Fsp3) is 0.176. The lowest BCUT2D eigenvalue weighted by atomic mass is 9.96. The number of rotatable bonds is 1. The molecule has 0 unspecified atom stereocenters. The van der Waals surface area contributed by atoms with Crippen LogP contribution in [0.1, 0.15) is 11.5 Å². The highest BCUT2D eigenvalue weighted by molar-refractivity contribution is 5.89. The second-order valence-corrected chi connectivity index (χ2v) is 5.62. The van der Waals surface area contributed by atoms with Gasteiger partial charge in [0.2, 0.25) is 0 Å². The standard InChI is InChI=1S/C17H16N4O/c18-13-5-3-4-11(8-13)12-9-19-16-14-6-1-2-7-15(14)20-17(22)21(16)10-12/h1-8,12,19H,9-10,18H2/t12-/m1/s1. The molecule has 22 heavy (non-hydrogen) atoms. The summed E-state index contributed by atoms with van der Waals surface area (Å²) in [5.41, 5.74) is 8.26. The molecule has 0 amide bonds. The van der Waals surface area contributed by atoms with Gasteiger partial charge in [-0.25, -0.2) is 4.79 Å². The molecule has 2 heterocycles. The summed E-state index contributed by atoms with van der Waals surface area (Å²) >= 11 is 0. The number of fused-ring (bicyclic) bond motifs is 3. The summed E-state index contributed by atoms with van der Waals surface area (Å²) in [6.07, 6.45) is 0. The highest BCUT2D eigenvalue weighted by atomic mass is 16.1. The number of nitrogen functional groups attached to an aromatic ring is 1. The Bertz CT molecular complexity index is 916. The molecule has 3 aromatic rings. The van der Waals surface area contributed by atoms with Crippen LogP contribution in [0.3, 0.4) is 0 Å². The third-order valence-corrected chi connectivity index (χ3v) is 4.18. The molecule has 5 nitrogen and oxygen atoms in total. The van der Waals surface area contributed by atoms with Crippen LogP contribution >= 0.6 is 0 Å². The maximum Gasteiger partial charge on any atom is 0.349 e. The van der Waals surface area contributed by atoms with Gasteiger partial charge in [0.05, 0.1) is 5.52 Å². The number of anilines is 2. The van der Waals surface area contributed by atoms with Gasteiger partial charge in [-0.05, 0) is 29.8 Å². The fourth-order valence-electron chi connectivity index (χ4n) is 3.08. The van der Waals surface area contributed by atoms with Crippen molar-refractivity contribution in [3.05, 3.63) is 64.6 Å². The van der Waals surface area contributed by atoms with E-state index in [-0.39, 0.29) is 11.6 Å². The molecule has 5 heteroatoms. The Morgan fingerprint density at radius 3 is 2.91 bits per heavy atom. The molecule has 2 aromatic carbocycles. The van der Waals surface area contributed by atoms with Crippen LogP contribution < -0.4 is 16.7 Å². The van der Waals surface area contributed by atoms with Crippen LogP contribution in [0.25, 0.3) is 10.9 Å². The molecule has 1 aliphatic heterocycles. The SMILES string of the molecule is Nc1cccc([C@@H]2CNc3c4ccccc4nc(=O)n3C2)c1. The van der Waals surface area contributed by atoms with Crippen molar-refractivity contribution in [2.24, 2.45) is 0 Å². The highest BCUT2D eigenvalue weighted by Crippen LogP contribution is 2.29. The van der Waals surface area contributed by atoms with Gasteiger partial charge in [0.1, 0.15) is 5.82 Å². The minimum absolute atomic E-state index is 0.205. The molecule has 0 saturated carbocycles. The van der Waals surface area contributed by atoms with Crippen molar-refractivity contribution in [1.82, 2.24) is 9.55 Å². The number of benzene rings is 2. The second kappa shape index (κ2) is 4.87. The third-order valence-electron chi connectivity index (χ3n) is 4.18. The minimum atomic E-state index is -0.213. The first-order chi connectivity index (χ1) is 10.7. The number of hydrogen-bond donors (Lipinski definition) is 2. The lowest BCUT2D eigenvalue weighted by molar-refractivity contribution is 0.530. The van der Waals surface area contributed by atoms with E-state index in [4.69, 9.17) is 5.73 Å². The van der Waals surface area contributed by atoms with E-state index in [1.54, 1.807) is 4.57 Å². The molecule has 0 spiro atoms. The molecule has 1 aromatic heterocycles. The molecule has 0 fully saturated rings. The quantitative estimate of drug-likeness (QED) is 0.674. The van der Waals surface area contributed by atoms with Gasteiger partial charge < -0.3 is 11.1 Å². The molecular weight excluding hydrogens is 276 g/mol. The van der Waals surface area contributed by atoms with Gasteiger partial charge in [-0.2, -0.15) is 4.98 Å². The van der Waals surface area contributed by atoms with Crippen molar-refractivity contribution in [3.8, 4) is 0 Å². The van der Waals surface area contributed by atoms with E-state index in [0.717, 1.165) is 34.5 Å². The fourth-order valence-corrected chi connectivity index (χ4v) is 3.08. The number of nitrogens with one attached hydrogen (secondary N) is 1. The first-order valence-electron chi connectivity index (χ1n) is 7.31. The van der Waals surface area contributed by atoms with E-state index in [9.17, 15) is 4.79 Å². The van der Waals surface area contributed by atoms with Crippen LogP contribution in [-0.4, -0.2) is 16.1 Å². The van der Waals surface area contributed by atoms with Gasteiger partial charge in [0, 0.05) is 30.1 Å². The molecule has 0 aliphatic carbocycles. The van der Waals surface area contributed by atoms with Crippen LogP contribution in [0.4, 0.5) is 11.5 Å². The normalized spacial score (nSPS) is 17.0. The summed E-state index contributed by atoms with van der Waals surface area (Å²) in [7, 11) is 0. The van der Waals surface area contributed by atoms with Crippen LogP contribution in [0.2, 0.25) is 0 Å². The van der Waals surface area contributed by atoms with Crippen molar-refractivity contribution in [1.29, 1.82) is 0 Å². The largest absolute Gasteiger partial charge is 0.399 e. The van der Waals surface area contributed by atoms with E-state index in [0.29, 0.717) is 6.54 Å². The van der Waals surface area contributed by atoms with Gasteiger partial charge in [0.25, 0.3) is 0 Å². The van der Waals surface area contributed by atoms with Crippen molar-refractivity contribution < 1.29 is 0 Å². The summed E-state index contributed by atoms with van der Waals surface area (Å²) in [5.74, 6) is 1.06. The van der Waals surface area contributed by atoms with E-state index in [2.05, 4.69) is 10.3 Å². The first-order valence-corrected chi connectivity index (χ1v) is 7.31. The summed E-state index contributed by atoms with van der Waals surface area (Å²) < 4.78 is 1.72. The Hall–Kier alpha value is -2.82. The Balaban J connectivity index is 1.81. The highest BCUT2D eigenvalue weighted by Gasteiger charge is 2.22. The van der Waals surface area contributed by atoms with Gasteiger partial charge in [-0.3, -0.25) is 4.57 Å².